The monoisotopic (exact) mass is 347 g/mol. The number of ether oxygens (including phenoxy) is 1. The van der Waals surface area contributed by atoms with Gasteiger partial charge in [-0.25, -0.2) is 4.98 Å². The molecule has 1 N–H and O–H groups in total. The quantitative estimate of drug-likeness (QED) is 0.870. The first kappa shape index (κ1) is 17.2. The average molecular weight is 347 g/mol. The number of hydrogen-bond acceptors (Lipinski definition) is 6. The fourth-order valence-electron chi connectivity index (χ4n) is 2.89. The smallest absolute Gasteiger partial charge is 0.185 e. The van der Waals surface area contributed by atoms with Gasteiger partial charge in [0.2, 0.25) is 0 Å². The van der Waals surface area contributed by atoms with Gasteiger partial charge in [-0.3, -0.25) is 4.90 Å². The Morgan fingerprint density at radius 1 is 1.21 bits per heavy atom. The van der Waals surface area contributed by atoms with Crippen molar-refractivity contribution in [1.82, 2.24) is 9.88 Å². The lowest BCUT2D eigenvalue weighted by atomic mass is 10.3. The molecule has 0 aliphatic carbocycles. The summed E-state index contributed by atoms with van der Waals surface area (Å²) in [5, 5.41) is 13.5. The topological polar surface area (TPSA) is 48.8 Å². The first-order valence-electron chi connectivity index (χ1n) is 8.46. The summed E-state index contributed by atoms with van der Waals surface area (Å²) in [4.78, 5) is 9.25. The Bertz CT molecular complexity index is 620. The van der Waals surface area contributed by atoms with Gasteiger partial charge in [-0.15, -0.1) is 11.3 Å². The maximum Gasteiger partial charge on any atom is 0.185 e. The molecule has 130 valence electrons. The molecular weight excluding hydrogens is 322 g/mol. The molecule has 2 heterocycles. The third-order valence-electron chi connectivity index (χ3n) is 4.12. The molecule has 1 aromatic carbocycles. The second-order valence-electron chi connectivity index (χ2n) is 6.19. The van der Waals surface area contributed by atoms with Crippen LogP contribution in [0.3, 0.4) is 0 Å². The molecule has 1 saturated heterocycles. The van der Waals surface area contributed by atoms with Crippen LogP contribution >= 0.6 is 11.3 Å². The Balaban J connectivity index is 1.44. The number of nitrogens with zero attached hydrogens (tertiary/aromatic N) is 3. The fraction of sp³-hybridized carbons (Fsp3) is 0.500. The highest BCUT2D eigenvalue weighted by atomic mass is 32.1. The Morgan fingerprint density at radius 2 is 2.04 bits per heavy atom. The molecule has 0 spiro atoms. The second-order valence-corrected chi connectivity index (χ2v) is 7.03. The number of rotatable bonds is 6. The van der Waals surface area contributed by atoms with E-state index in [4.69, 9.17) is 4.74 Å². The average Bonchev–Trinajstić information content (AvgIpc) is 2.89. The molecule has 1 atom stereocenters. The molecule has 3 rings (SSSR count). The normalized spacial score (nSPS) is 17.5. The van der Waals surface area contributed by atoms with Gasteiger partial charge < -0.3 is 14.7 Å². The molecule has 1 aliphatic rings. The van der Waals surface area contributed by atoms with Crippen LogP contribution in [0.5, 0.6) is 5.75 Å². The maximum atomic E-state index is 10.3. The molecule has 1 fully saturated rings. The van der Waals surface area contributed by atoms with Gasteiger partial charge in [-0.1, -0.05) is 18.2 Å². The van der Waals surface area contributed by atoms with Crippen molar-refractivity contribution in [2.24, 2.45) is 0 Å². The number of aliphatic hydroxyl groups excluding tert-OH is 1. The lowest BCUT2D eigenvalue weighted by Gasteiger charge is -2.24. The number of aliphatic hydroxyl groups is 1. The van der Waals surface area contributed by atoms with E-state index in [2.05, 4.69) is 20.2 Å². The molecule has 6 heteroatoms. The SMILES string of the molecule is Cc1csc(N2CCCN(CC(O)COc3ccccc3)CC2)n1. The van der Waals surface area contributed by atoms with E-state index < -0.39 is 6.10 Å². The predicted molar refractivity (Wildman–Crippen MR) is 98.1 cm³/mol. The lowest BCUT2D eigenvalue weighted by Crippen LogP contribution is -2.38. The van der Waals surface area contributed by atoms with E-state index in [0.717, 1.165) is 49.2 Å². The first-order chi connectivity index (χ1) is 11.7. The molecule has 0 amide bonds. The number of hydrogen-bond donors (Lipinski definition) is 1. The molecule has 24 heavy (non-hydrogen) atoms. The van der Waals surface area contributed by atoms with Crippen LogP contribution in [0.15, 0.2) is 35.7 Å². The molecule has 0 radical (unpaired) electrons. The van der Waals surface area contributed by atoms with Crippen LogP contribution in [-0.4, -0.2) is 60.4 Å². The summed E-state index contributed by atoms with van der Waals surface area (Å²) < 4.78 is 5.64. The Hall–Kier alpha value is -1.63. The number of anilines is 1. The van der Waals surface area contributed by atoms with Crippen molar-refractivity contribution in [3.8, 4) is 5.75 Å². The van der Waals surface area contributed by atoms with E-state index >= 15 is 0 Å². The number of β-amino-alcohol motifs (C(OH)–C–C–N with tert-alkyl or cyclic N) is 1. The van der Waals surface area contributed by atoms with E-state index in [0.29, 0.717) is 13.2 Å². The zero-order valence-electron chi connectivity index (χ0n) is 14.1. The van der Waals surface area contributed by atoms with Crippen LogP contribution in [0.25, 0.3) is 0 Å². The van der Waals surface area contributed by atoms with E-state index in [9.17, 15) is 5.11 Å². The molecule has 0 bridgehead atoms. The third kappa shape index (κ3) is 4.93. The molecule has 2 aromatic rings. The van der Waals surface area contributed by atoms with Crippen LogP contribution in [-0.2, 0) is 0 Å². The third-order valence-corrected chi connectivity index (χ3v) is 5.14. The van der Waals surface area contributed by atoms with Crippen molar-refractivity contribution in [2.45, 2.75) is 19.4 Å². The van der Waals surface area contributed by atoms with Crippen molar-refractivity contribution in [1.29, 1.82) is 0 Å². The summed E-state index contributed by atoms with van der Waals surface area (Å²) in [7, 11) is 0. The van der Waals surface area contributed by atoms with Gasteiger partial charge in [0.25, 0.3) is 0 Å². The predicted octanol–water partition coefficient (Wildman–Crippen LogP) is 2.40. The van der Waals surface area contributed by atoms with Crippen molar-refractivity contribution in [3.05, 3.63) is 41.4 Å². The minimum absolute atomic E-state index is 0.329. The minimum atomic E-state index is -0.473. The first-order valence-corrected chi connectivity index (χ1v) is 9.34. The van der Waals surface area contributed by atoms with Crippen molar-refractivity contribution < 1.29 is 9.84 Å². The Morgan fingerprint density at radius 3 is 2.79 bits per heavy atom. The van der Waals surface area contributed by atoms with Gasteiger partial charge in [0, 0.05) is 31.6 Å². The highest BCUT2D eigenvalue weighted by Gasteiger charge is 2.19. The van der Waals surface area contributed by atoms with Gasteiger partial charge in [-0.2, -0.15) is 0 Å². The largest absolute Gasteiger partial charge is 0.491 e. The van der Waals surface area contributed by atoms with Gasteiger partial charge in [-0.05, 0) is 32.0 Å². The molecule has 1 aromatic heterocycles. The van der Waals surface area contributed by atoms with Crippen LogP contribution in [0.2, 0.25) is 0 Å². The van der Waals surface area contributed by atoms with Gasteiger partial charge in [0.05, 0.1) is 5.69 Å². The van der Waals surface area contributed by atoms with E-state index in [1.807, 2.05) is 37.3 Å². The summed E-state index contributed by atoms with van der Waals surface area (Å²) in [6.07, 6.45) is 0.615. The summed E-state index contributed by atoms with van der Waals surface area (Å²) in [6, 6.07) is 9.65. The molecule has 1 aliphatic heterocycles. The molecule has 1 unspecified atom stereocenters. The highest BCUT2D eigenvalue weighted by molar-refractivity contribution is 7.13. The Kier molecular flexibility index (Phi) is 6.07. The van der Waals surface area contributed by atoms with Gasteiger partial charge in [0.15, 0.2) is 5.13 Å². The summed E-state index contributed by atoms with van der Waals surface area (Å²) >= 11 is 1.71. The number of para-hydroxylation sites is 1. The summed E-state index contributed by atoms with van der Waals surface area (Å²) in [6.45, 7) is 6.95. The van der Waals surface area contributed by atoms with Crippen LogP contribution in [0.1, 0.15) is 12.1 Å². The molecule has 0 saturated carbocycles. The van der Waals surface area contributed by atoms with E-state index in [1.165, 1.54) is 0 Å². The van der Waals surface area contributed by atoms with Crippen molar-refractivity contribution in [2.75, 3.05) is 44.2 Å². The van der Waals surface area contributed by atoms with Crippen molar-refractivity contribution in [3.63, 3.8) is 0 Å². The molecular formula is C18H25N3O2S. The number of aromatic nitrogens is 1. The van der Waals surface area contributed by atoms with Gasteiger partial charge >= 0.3 is 0 Å². The van der Waals surface area contributed by atoms with Crippen molar-refractivity contribution >= 4 is 16.5 Å². The minimum Gasteiger partial charge on any atom is -0.491 e. The summed E-state index contributed by atoms with van der Waals surface area (Å²) in [5.41, 5.74) is 1.09. The van der Waals surface area contributed by atoms with E-state index in [1.54, 1.807) is 11.3 Å². The standard InChI is InChI=1S/C18H25N3O2S/c1-15-14-24-18(19-15)21-9-5-8-20(10-11-21)12-16(22)13-23-17-6-3-2-4-7-17/h2-4,6-7,14,16,22H,5,8-13H2,1H3. The highest BCUT2D eigenvalue weighted by Crippen LogP contribution is 2.21. The zero-order chi connectivity index (χ0) is 16.8. The number of benzene rings is 1. The number of thiazole rings is 1. The number of aryl methyl sites for hydroxylation is 1. The Labute approximate surface area is 147 Å². The molecule has 5 nitrogen and oxygen atoms in total. The van der Waals surface area contributed by atoms with Gasteiger partial charge in [0.1, 0.15) is 18.5 Å². The van der Waals surface area contributed by atoms with Crippen LogP contribution in [0, 0.1) is 6.92 Å². The fourth-order valence-corrected chi connectivity index (χ4v) is 3.75. The summed E-state index contributed by atoms with van der Waals surface area (Å²) in [5.74, 6) is 0.803. The van der Waals surface area contributed by atoms with Crippen LogP contribution in [0.4, 0.5) is 5.13 Å². The van der Waals surface area contributed by atoms with Crippen LogP contribution < -0.4 is 9.64 Å². The van der Waals surface area contributed by atoms with E-state index in [-0.39, 0.29) is 0 Å². The maximum absolute atomic E-state index is 10.3. The lowest BCUT2D eigenvalue weighted by molar-refractivity contribution is 0.0705. The zero-order valence-corrected chi connectivity index (χ0v) is 14.9. The second kappa shape index (κ2) is 8.46.